The summed E-state index contributed by atoms with van der Waals surface area (Å²) < 4.78 is 0. The molecule has 0 aromatic heterocycles. The molecule has 0 bridgehead atoms. The fraction of sp³-hybridized carbons (Fsp3) is 0.333. The van der Waals surface area contributed by atoms with Crippen LogP contribution in [0.1, 0.15) is 11.1 Å². The maximum absolute atomic E-state index is 11.8. The van der Waals surface area contributed by atoms with E-state index in [1.165, 1.54) is 16.5 Å². The van der Waals surface area contributed by atoms with Crippen molar-refractivity contribution in [2.45, 2.75) is 13.3 Å². The number of nitrogens with zero attached hydrogens (tertiary/aromatic N) is 1. The van der Waals surface area contributed by atoms with Gasteiger partial charge in [-0.05, 0) is 18.9 Å². The second-order valence-electron chi connectivity index (χ2n) is 4.53. The minimum Gasteiger partial charge on any atom is -0.480 e. The Morgan fingerprint density at radius 2 is 2.20 bits per heavy atom. The third kappa shape index (κ3) is 5.56. The molecule has 20 heavy (non-hydrogen) atoms. The quantitative estimate of drug-likeness (QED) is 0.746. The van der Waals surface area contributed by atoms with Crippen molar-refractivity contribution in [3.05, 3.63) is 48.0 Å². The van der Waals surface area contributed by atoms with Gasteiger partial charge in [0, 0.05) is 13.1 Å². The van der Waals surface area contributed by atoms with Crippen molar-refractivity contribution in [3.63, 3.8) is 0 Å². The van der Waals surface area contributed by atoms with Gasteiger partial charge in [0.15, 0.2) is 0 Å². The number of hydrogen-bond donors (Lipinski definition) is 2. The molecule has 0 heterocycles. The van der Waals surface area contributed by atoms with Gasteiger partial charge in [-0.25, -0.2) is 4.79 Å². The van der Waals surface area contributed by atoms with Gasteiger partial charge in [0.05, 0.1) is 0 Å². The molecule has 108 valence electrons. The van der Waals surface area contributed by atoms with Gasteiger partial charge >= 0.3 is 12.0 Å². The fourth-order valence-electron chi connectivity index (χ4n) is 1.83. The van der Waals surface area contributed by atoms with E-state index in [1.54, 1.807) is 0 Å². The first kappa shape index (κ1) is 15.8. The minimum absolute atomic E-state index is 0.211. The molecule has 1 aromatic carbocycles. The van der Waals surface area contributed by atoms with E-state index in [9.17, 15) is 9.59 Å². The second-order valence-corrected chi connectivity index (χ2v) is 4.53. The summed E-state index contributed by atoms with van der Waals surface area (Å²) in [5, 5.41) is 11.5. The molecule has 0 saturated heterocycles. The van der Waals surface area contributed by atoms with Crippen molar-refractivity contribution >= 4 is 12.0 Å². The summed E-state index contributed by atoms with van der Waals surface area (Å²) in [5.41, 5.74) is 2.31. The smallest absolute Gasteiger partial charge is 0.323 e. The van der Waals surface area contributed by atoms with Crippen LogP contribution in [0.25, 0.3) is 0 Å². The van der Waals surface area contributed by atoms with Gasteiger partial charge in [-0.15, -0.1) is 6.58 Å². The standard InChI is InChI=1S/C15H20N2O3/c1-3-9-17(11-14(18)19)15(20)16-8-7-13-6-4-5-12(2)10-13/h3-6,10H,1,7-9,11H2,2H3,(H,16,20)(H,18,19). The molecule has 0 atom stereocenters. The van der Waals surface area contributed by atoms with E-state index in [-0.39, 0.29) is 19.1 Å². The van der Waals surface area contributed by atoms with Crippen LogP contribution >= 0.6 is 0 Å². The Balaban J connectivity index is 2.44. The molecule has 5 nitrogen and oxygen atoms in total. The Bertz CT molecular complexity index is 486. The number of benzene rings is 1. The van der Waals surface area contributed by atoms with Crippen LogP contribution < -0.4 is 5.32 Å². The van der Waals surface area contributed by atoms with Crippen LogP contribution in [-0.4, -0.2) is 41.6 Å². The van der Waals surface area contributed by atoms with Crippen LogP contribution in [0.2, 0.25) is 0 Å². The summed E-state index contributed by atoms with van der Waals surface area (Å²) in [5.74, 6) is -1.04. The predicted octanol–water partition coefficient (Wildman–Crippen LogP) is 1.82. The number of hydrogen-bond acceptors (Lipinski definition) is 2. The lowest BCUT2D eigenvalue weighted by Crippen LogP contribution is -2.43. The zero-order chi connectivity index (χ0) is 15.0. The highest BCUT2D eigenvalue weighted by atomic mass is 16.4. The number of carboxylic acids is 1. The summed E-state index contributed by atoms with van der Waals surface area (Å²) in [7, 11) is 0. The average Bonchev–Trinajstić information content (AvgIpc) is 2.37. The highest BCUT2D eigenvalue weighted by molar-refractivity contribution is 5.80. The number of aliphatic carboxylic acids is 1. The lowest BCUT2D eigenvalue weighted by Gasteiger charge is -2.19. The Hall–Kier alpha value is -2.30. The fourth-order valence-corrected chi connectivity index (χ4v) is 1.83. The number of carboxylic acid groups (broad SMARTS) is 1. The Labute approximate surface area is 118 Å². The highest BCUT2D eigenvalue weighted by Crippen LogP contribution is 2.04. The van der Waals surface area contributed by atoms with E-state index in [0.717, 1.165) is 5.56 Å². The summed E-state index contributed by atoms with van der Waals surface area (Å²) in [6, 6.07) is 7.66. The maximum Gasteiger partial charge on any atom is 0.323 e. The summed E-state index contributed by atoms with van der Waals surface area (Å²) in [6.45, 7) is 5.88. The van der Waals surface area contributed by atoms with Crippen molar-refractivity contribution in [2.75, 3.05) is 19.6 Å². The lowest BCUT2D eigenvalue weighted by atomic mass is 10.1. The molecule has 0 spiro atoms. The molecular weight excluding hydrogens is 256 g/mol. The molecule has 1 aromatic rings. The Kier molecular flexibility index (Phi) is 6.29. The summed E-state index contributed by atoms with van der Waals surface area (Å²) in [6.07, 6.45) is 2.21. The van der Waals surface area contributed by atoms with Crippen molar-refractivity contribution in [3.8, 4) is 0 Å². The summed E-state index contributed by atoms with van der Waals surface area (Å²) >= 11 is 0. The number of carbonyl (C=O) groups excluding carboxylic acids is 1. The molecule has 0 aliphatic heterocycles. The molecule has 0 fully saturated rings. The first-order valence-corrected chi connectivity index (χ1v) is 6.44. The molecule has 0 unspecified atom stereocenters. The number of rotatable bonds is 7. The number of nitrogens with one attached hydrogen (secondary N) is 1. The highest BCUT2D eigenvalue weighted by Gasteiger charge is 2.14. The topological polar surface area (TPSA) is 69.6 Å². The van der Waals surface area contributed by atoms with E-state index in [4.69, 9.17) is 5.11 Å². The normalized spacial score (nSPS) is 9.85. The molecule has 0 aliphatic rings. The van der Waals surface area contributed by atoms with Crippen LogP contribution in [0.15, 0.2) is 36.9 Å². The number of amides is 2. The maximum atomic E-state index is 11.8. The zero-order valence-electron chi connectivity index (χ0n) is 11.6. The molecule has 2 N–H and O–H groups in total. The Morgan fingerprint density at radius 3 is 2.80 bits per heavy atom. The molecule has 1 rings (SSSR count). The van der Waals surface area contributed by atoms with Crippen molar-refractivity contribution in [1.29, 1.82) is 0 Å². The van der Waals surface area contributed by atoms with E-state index in [2.05, 4.69) is 18.0 Å². The first-order chi connectivity index (χ1) is 9.52. The van der Waals surface area contributed by atoms with Crippen molar-refractivity contribution in [2.24, 2.45) is 0 Å². The van der Waals surface area contributed by atoms with E-state index >= 15 is 0 Å². The average molecular weight is 276 g/mol. The third-order valence-corrected chi connectivity index (χ3v) is 2.74. The zero-order valence-corrected chi connectivity index (χ0v) is 11.6. The van der Waals surface area contributed by atoms with Crippen LogP contribution in [0.4, 0.5) is 4.79 Å². The van der Waals surface area contributed by atoms with Crippen LogP contribution in [0.3, 0.4) is 0 Å². The minimum atomic E-state index is -1.04. The largest absolute Gasteiger partial charge is 0.480 e. The lowest BCUT2D eigenvalue weighted by molar-refractivity contribution is -0.137. The summed E-state index contributed by atoms with van der Waals surface area (Å²) in [4.78, 5) is 23.7. The molecule has 0 saturated carbocycles. The number of carbonyl (C=O) groups is 2. The number of aryl methyl sites for hydroxylation is 1. The van der Waals surface area contributed by atoms with E-state index in [0.29, 0.717) is 13.0 Å². The first-order valence-electron chi connectivity index (χ1n) is 6.44. The van der Waals surface area contributed by atoms with Gasteiger partial charge in [0.25, 0.3) is 0 Å². The van der Waals surface area contributed by atoms with E-state index < -0.39 is 5.97 Å². The second kappa shape index (κ2) is 7.99. The monoisotopic (exact) mass is 276 g/mol. The SMILES string of the molecule is C=CCN(CC(=O)O)C(=O)NCCc1cccc(C)c1. The molecular formula is C15H20N2O3. The molecule has 0 aliphatic carbocycles. The van der Waals surface area contributed by atoms with E-state index in [1.807, 2.05) is 25.1 Å². The molecule has 0 radical (unpaired) electrons. The van der Waals surface area contributed by atoms with Gasteiger partial charge in [-0.1, -0.05) is 35.9 Å². The van der Waals surface area contributed by atoms with Crippen LogP contribution in [0, 0.1) is 6.92 Å². The van der Waals surface area contributed by atoms with Crippen LogP contribution in [-0.2, 0) is 11.2 Å². The molecule has 2 amide bonds. The van der Waals surface area contributed by atoms with Gasteiger partial charge in [-0.2, -0.15) is 0 Å². The third-order valence-electron chi connectivity index (χ3n) is 2.74. The number of urea groups is 1. The molecule has 5 heteroatoms. The predicted molar refractivity (Wildman–Crippen MR) is 77.7 cm³/mol. The van der Waals surface area contributed by atoms with Crippen LogP contribution in [0.5, 0.6) is 0 Å². The van der Waals surface area contributed by atoms with Crippen molar-refractivity contribution in [1.82, 2.24) is 10.2 Å². The Morgan fingerprint density at radius 1 is 1.45 bits per heavy atom. The van der Waals surface area contributed by atoms with Gasteiger partial charge in [0.1, 0.15) is 6.54 Å². The van der Waals surface area contributed by atoms with Crippen molar-refractivity contribution < 1.29 is 14.7 Å². The van der Waals surface area contributed by atoms with Gasteiger partial charge < -0.3 is 15.3 Å². The van der Waals surface area contributed by atoms with Gasteiger partial charge in [-0.3, -0.25) is 4.79 Å². The van der Waals surface area contributed by atoms with Gasteiger partial charge in [0.2, 0.25) is 0 Å².